The summed E-state index contributed by atoms with van der Waals surface area (Å²) in [5, 5.41) is 0. The van der Waals surface area contributed by atoms with E-state index in [1.165, 1.54) is 6.20 Å². The molecule has 0 bridgehead atoms. The molecule has 0 saturated carbocycles. The molecule has 1 aromatic rings. The second-order valence-electron chi connectivity index (χ2n) is 1.41. The summed E-state index contributed by atoms with van der Waals surface area (Å²) in [5.41, 5.74) is 0. The van der Waals surface area contributed by atoms with Gasteiger partial charge in [0.15, 0.2) is 15.6 Å². The van der Waals surface area contributed by atoms with Crippen molar-refractivity contribution in [2.24, 2.45) is 0 Å². The maximum atomic E-state index is 10.5. The van der Waals surface area contributed by atoms with Crippen molar-refractivity contribution in [2.45, 2.75) is 4.90 Å². The molecule has 0 spiro atoms. The van der Waals surface area contributed by atoms with Crippen molar-refractivity contribution < 1.29 is 4.55 Å². The highest BCUT2D eigenvalue weighted by molar-refractivity contribution is 8.13. The predicted molar refractivity (Wildman–Crippen MR) is 36.5 cm³/mol. The van der Waals surface area contributed by atoms with E-state index < -0.39 is 10.4 Å². The molecule has 0 aliphatic heterocycles. The Morgan fingerprint density at radius 3 is 2.78 bits per heavy atom. The number of halogens is 1. The lowest BCUT2D eigenvalue weighted by Gasteiger charge is -1.95. The standard InChI is InChI=1S/C5H4ClNOS/c6-9(8)5-2-1-3-7-4-5/h1-4H. The van der Waals surface area contributed by atoms with Gasteiger partial charge in [0.05, 0.1) is 6.20 Å². The predicted octanol–water partition coefficient (Wildman–Crippen LogP) is 1.34. The van der Waals surface area contributed by atoms with E-state index in [2.05, 4.69) is 4.98 Å². The third kappa shape index (κ3) is 1.86. The number of hydrogen-bond donors (Lipinski definition) is 0. The summed E-state index contributed by atoms with van der Waals surface area (Å²) in [6.45, 7) is 0. The van der Waals surface area contributed by atoms with Crippen LogP contribution in [0.5, 0.6) is 0 Å². The van der Waals surface area contributed by atoms with Crippen molar-refractivity contribution in [3.05, 3.63) is 24.5 Å². The smallest absolute Gasteiger partial charge is 0.191 e. The first kappa shape index (κ1) is 6.86. The van der Waals surface area contributed by atoms with E-state index in [0.717, 1.165) is 0 Å². The Kier molecular flexibility index (Phi) is 2.33. The molecule has 1 aromatic heterocycles. The molecule has 9 heavy (non-hydrogen) atoms. The Balaban J connectivity index is 2.85. The average Bonchev–Trinajstić information content (AvgIpc) is 1.90. The lowest BCUT2D eigenvalue weighted by molar-refractivity contribution is 0.608. The van der Waals surface area contributed by atoms with Gasteiger partial charge in [-0.1, -0.05) is 0 Å². The normalized spacial score (nSPS) is 13.1. The van der Waals surface area contributed by atoms with Gasteiger partial charge in [-0.25, -0.2) is 0 Å². The largest absolute Gasteiger partial charge is 0.594 e. The maximum absolute atomic E-state index is 10.5. The summed E-state index contributed by atoms with van der Waals surface area (Å²) in [4.78, 5) is 4.27. The highest BCUT2D eigenvalue weighted by atomic mass is 35.7. The molecule has 0 amide bonds. The SMILES string of the molecule is [O-][S+](Cl)c1cccnc1. The number of pyridine rings is 1. The Labute approximate surface area is 60.6 Å². The van der Waals surface area contributed by atoms with Crippen LogP contribution in [0, 0.1) is 0 Å². The van der Waals surface area contributed by atoms with Crippen LogP contribution < -0.4 is 0 Å². The van der Waals surface area contributed by atoms with Crippen molar-refractivity contribution in [1.82, 2.24) is 4.98 Å². The molecule has 1 unspecified atom stereocenters. The molecule has 1 heterocycles. The van der Waals surface area contributed by atoms with Crippen LogP contribution >= 0.6 is 10.7 Å². The van der Waals surface area contributed by atoms with Crippen LogP contribution in [0.25, 0.3) is 0 Å². The van der Waals surface area contributed by atoms with E-state index in [1.54, 1.807) is 18.3 Å². The summed E-state index contributed by atoms with van der Waals surface area (Å²) in [6, 6.07) is 3.35. The van der Waals surface area contributed by atoms with Crippen LogP contribution in [-0.2, 0) is 10.4 Å². The van der Waals surface area contributed by atoms with Gasteiger partial charge in [0.1, 0.15) is 10.4 Å². The first-order chi connectivity index (χ1) is 4.30. The first-order valence-electron chi connectivity index (χ1n) is 2.29. The maximum Gasteiger partial charge on any atom is 0.191 e. The van der Waals surface area contributed by atoms with E-state index in [0.29, 0.717) is 4.90 Å². The van der Waals surface area contributed by atoms with Crippen LogP contribution in [0.1, 0.15) is 0 Å². The van der Waals surface area contributed by atoms with Crippen molar-refractivity contribution >= 4 is 21.1 Å². The molecule has 0 saturated heterocycles. The topological polar surface area (TPSA) is 36.0 Å². The Morgan fingerprint density at radius 1 is 1.67 bits per heavy atom. The molecule has 0 radical (unpaired) electrons. The Hall–Kier alpha value is -0.250. The van der Waals surface area contributed by atoms with Gasteiger partial charge < -0.3 is 4.55 Å². The first-order valence-corrected chi connectivity index (χ1v) is 4.26. The molecule has 0 aliphatic carbocycles. The zero-order valence-electron chi connectivity index (χ0n) is 4.45. The molecular weight excluding hydrogens is 158 g/mol. The summed E-state index contributed by atoms with van der Waals surface area (Å²) >= 11 is 0. The van der Waals surface area contributed by atoms with Crippen molar-refractivity contribution in [2.75, 3.05) is 0 Å². The van der Waals surface area contributed by atoms with Gasteiger partial charge in [0.2, 0.25) is 0 Å². The van der Waals surface area contributed by atoms with Gasteiger partial charge in [-0.2, -0.15) is 0 Å². The molecular formula is C5H4ClNOS. The Bertz CT molecular complexity index is 180. The Morgan fingerprint density at radius 2 is 2.44 bits per heavy atom. The summed E-state index contributed by atoms with van der Waals surface area (Å²) < 4.78 is 10.5. The second kappa shape index (κ2) is 3.06. The van der Waals surface area contributed by atoms with Crippen LogP contribution in [0.2, 0.25) is 0 Å². The molecule has 0 aliphatic rings. The van der Waals surface area contributed by atoms with Gasteiger partial charge in [-0.3, -0.25) is 4.98 Å². The molecule has 0 N–H and O–H groups in total. The minimum atomic E-state index is -1.42. The minimum Gasteiger partial charge on any atom is -0.594 e. The van der Waals surface area contributed by atoms with Gasteiger partial charge in [0.25, 0.3) is 0 Å². The molecule has 0 aromatic carbocycles. The second-order valence-corrected chi connectivity index (χ2v) is 3.17. The lowest BCUT2D eigenvalue weighted by Crippen LogP contribution is -1.89. The molecule has 48 valence electrons. The van der Waals surface area contributed by atoms with E-state index in [-0.39, 0.29) is 0 Å². The van der Waals surface area contributed by atoms with Crippen LogP contribution in [0.15, 0.2) is 29.4 Å². The zero-order valence-corrected chi connectivity index (χ0v) is 6.02. The third-order valence-electron chi connectivity index (χ3n) is 0.820. The third-order valence-corrected chi connectivity index (χ3v) is 1.97. The fourth-order valence-electron chi connectivity index (χ4n) is 0.442. The monoisotopic (exact) mass is 161 g/mol. The molecule has 1 rings (SSSR count). The molecule has 2 nitrogen and oxygen atoms in total. The number of nitrogens with zero attached hydrogens (tertiary/aromatic N) is 1. The van der Waals surface area contributed by atoms with Gasteiger partial charge in [-0.05, 0) is 12.1 Å². The summed E-state index contributed by atoms with van der Waals surface area (Å²) in [7, 11) is 3.82. The van der Waals surface area contributed by atoms with Gasteiger partial charge in [0, 0.05) is 6.20 Å². The van der Waals surface area contributed by atoms with Crippen molar-refractivity contribution in [3.8, 4) is 0 Å². The molecule has 4 heteroatoms. The quantitative estimate of drug-likeness (QED) is 0.583. The van der Waals surface area contributed by atoms with Crippen molar-refractivity contribution in [3.63, 3.8) is 0 Å². The number of rotatable bonds is 1. The van der Waals surface area contributed by atoms with E-state index in [9.17, 15) is 4.55 Å². The van der Waals surface area contributed by atoms with Crippen LogP contribution in [0.3, 0.4) is 0 Å². The van der Waals surface area contributed by atoms with Gasteiger partial charge >= 0.3 is 0 Å². The summed E-state index contributed by atoms with van der Waals surface area (Å²) in [5.74, 6) is 0. The minimum absolute atomic E-state index is 0.541. The van der Waals surface area contributed by atoms with Crippen LogP contribution in [-0.4, -0.2) is 9.54 Å². The molecule has 0 fully saturated rings. The highest BCUT2D eigenvalue weighted by Crippen LogP contribution is 2.11. The fourth-order valence-corrected chi connectivity index (χ4v) is 1.05. The fraction of sp³-hybridized carbons (Fsp3) is 0. The lowest BCUT2D eigenvalue weighted by atomic mass is 10.5. The average molecular weight is 162 g/mol. The van der Waals surface area contributed by atoms with E-state index in [4.69, 9.17) is 10.7 Å². The van der Waals surface area contributed by atoms with Crippen molar-refractivity contribution in [1.29, 1.82) is 0 Å². The van der Waals surface area contributed by atoms with Crippen LogP contribution in [0.4, 0.5) is 0 Å². The number of aromatic nitrogens is 1. The molecule has 1 atom stereocenters. The summed E-state index contributed by atoms with van der Waals surface area (Å²) in [6.07, 6.45) is 3.08. The van der Waals surface area contributed by atoms with E-state index >= 15 is 0 Å². The van der Waals surface area contributed by atoms with Gasteiger partial charge in [-0.15, -0.1) is 0 Å². The van der Waals surface area contributed by atoms with E-state index in [1.807, 2.05) is 0 Å². The zero-order chi connectivity index (χ0) is 6.69. The number of hydrogen-bond acceptors (Lipinski definition) is 2. The highest BCUT2D eigenvalue weighted by Gasteiger charge is 2.04.